The highest BCUT2D eigenvalue weighted by atomic mass is 15.4. The Morgan fingerprint density at radius 3 is 2.44 bits per heavy atom. The molecule has 1 fully saturated rings. The van der Waals surface area contributed by atoms with E-state index in [2.05, 4.69) is 95.8 Å². The highest BCUT2D eigenvalue weighted by Crippen LogP contribution is 2.70. The van der Waals surface area contributed by atoms with Gasteiger partial charge < -0.3 is 0 Å². The largest absolute Gasteiger partial charge is 0.297 e. The van der Waals surface area contributed by atoms with Crippen LogP contribution in [0.4, 0.5) is 5.82 Å². The zero-order valence-corrected chi connectivity index (χ0v) is 22.8. The van der Waals surface area contributed by atoms with Gasteiger partial charge in [0.25, 0.3) is 5.82 Å². The van der Waals surface area contributed by atoms with Crippen molar-refractivity contribution in [1.82, 2.24) is 4.98 Å². The molecule has 1 aliphatic carbocycles. The van der Waals surface area contributed by atoms with E-state index >= 15 is 0 Å². The van der Waals surface area contributed by atoms with Crippen molar-refractivity contribution in [2.45, 2.75) is 117 Å². The van der Waals surface area contributed by atoms with Crippen molar-refractivity contribution in [2.75, 3.05) is 4.90 Å². The minimum absolute atomic E-state index is 0.0273. The Hall–Kier alpha value is -2.16. The molecule has 2 aliphatic heterocycles. The number of fused-ring (bicyclic) bond motifs is 3. The maximum atomic E-state index is 5.23. The molecule has 0 spiro atoms. The van der Waals surface area contributed by atoms with Gasteiger partial charge in [0.15, 0.2) is 0 Å². The van der Waals surface area contributed by atoms with Gasteiger partial charge in [-0.2, -0.15) is 0 Å². The van der Waals surface area contributed by atoms with Gasteiger partial charge in [-0.1, -0.05) is 81.2 Å². The van der Waals surface area contributed by atoms with Gasteiger partial charge in [-0.05, 0) is 30.9 Å². The van der Waals surface area contributed by atoms with Gasteiger partial charge in [0.05, 0.1) is 17.1 Å². The Kier molecular flexibility index (Phi) is 5.14. The number of aromatic nitrogens is 2. The maximum absolute atomic E-state index is 5.23. The Labute approximate surface area is 207 Å². The molecule has 5 rings (SSSR count). The minimum atomic E-state index is 0.0273. The van der Waals surface area contributed by atoms with E-state index in [1.807, 2.05) is 0 Å². The van der Waals surface area contributed by atoms with E-state index < -0.39 is 0 Å². The normalized spacial score (nSPS) is 25.5. The standard InChI is InChI=1S/C31H44N3/c1-10-13-14-16-29(8,9)25-18-21(4)34-27-26-22(30(11-2)20-31(30,34)12-3)19-24(28(5,6)7)32-23(26)15-17-33(25)27/h15,17-19H,4,10-14,16,20H2,1-3,5-9H3/q+1/t30-,31?/m0/s1. The summed E-state index contributed by atoms with van der Waals surface area (Å²) < 4.78 is 2.50. The van der Waals surface area contributed by atoms with E-state index in [-0.39, 0.29) is 21.8 Å². The van der Waals surface area contributed by atoms with Gasteiger partial charge in [-0.3, -0.25) is 4.98 Å². The molecular weight excluding hydrogens is 414 g/mol. The van der Waals surface area contributed by atoms with Crippen LogP contribution in [0.5, 0.6) is 0 Å². The molecule has 1 unspecified atom stereocenters. The fraction of sp³-hybridized carbons (Fsp3) is 0.613. The van der Waals surface area contributed by atoms with Crippen LogP contribution in [0.1, 0.15) is 112 Å². The van der Waals surface area contributed by atoms with E-state index in [4.69, 9.17) is 4.98 Å². The topological polar surface area (TPSA) is 20.0 Å². The summed E-state index contributed by atoms with van der Waals surface area (Å²) in [5.74, 6) is 1.31. The van der Waals surface area contributed by atoms with Crippen molar-refractivity contribution in [3.63, 3.8) is 0 Å². The van der Waals surface area contributed by atoms with E-state index in [1.54, 1.807) is 0 Å². The fourth-order valence-corrected chi connectivity index (χ4v) is 7.16. The Morgan fingerprint density at radius 2 is 1.82 bits per heavy atom. The summed E-state index contributed by atoms with van der Waals surface area (Å²) in [6.07, 6.45) is 13.2. The number of rotatable bonds is 7. The van der Waals surface area contributed by atoms with Crippen LogP contribution in [-0.4, -0.2) is 10.5 Å². The second kappa shape index (κ2) is 7.42. The third-order valence-electron chi connectivity index (χ3n) is 9.30. The van der Waals surface area contributed by atoms with Gasteiger partial charge in [-0.25, -0.2) is 9.47 Å². The molecule has 182 valence electrons. The molecule has 34 heavy (non-hydrogen) atoms. The average molecular weight is 459 g/mol. The predicted molar refractivity (Wildman–Crippen MR) is 144 cm³/mol. The minimum Gasteiger partial charge on any atom is -0.252 e. The number of pyridine rings is 2. The lowest BCUT2D eigenvalue weighted by atomic mass is 9.77. The molecular formula is C31H44N3+. The van der Waals surface area contributed by atoms with Crippen LogP contribution in [0.3, 0.4) is 0 Å². The summed E-state index contributed by atoms with van der Waals surface area (Å²) in [6.45, 7) is 23.4. The molecule has 3 heteroatoms. The number of hydrogen-bond donors (Lipinski definition) is 0. The monoisotopic (exact) mass is 458 g/mol. The average Bonchev–Trinajstić information content (AvgIpc) is 3.48. The van der Waals surface area contributed by atoms with Crippen molar-refractivity contribution in [1.29, 1.82) is 0 Å². The molecule has 0 N–H and O–H groups in total. The third-order valence-corrected chi connectivity index (χ3v) is 9.30. The first-order valence-corrected chi connectivity index (χ1v) is 13.6. The zero-order valence-electron chi connectivity index (χ0n) is 22.8. The Bertz CT molecular complexity index is 1210. The molecule has 2 atom stereocenters. The first kappa shape index (κ1) is 23.6. The molecule has 2 aromatic rings. The first-order valence-electron chi connectivity index (χ1n) is 13.6. The molecule has 4 heterocycles. The lowest BCUT2D eigenvalue weighted by Gasteiger charge is -2.41. The van der Waals surface area contributed by atoms with E-state index in [9.17, 15) is 0 Å². The molecule has 3 nitrogen and oxygen atoms in total. The highest BCUT2D eigenvalue weighted by molar-refractivity contribution is 5.98. The maximum Gasteiger partial charge on any atom is 0.297 e. The lowest BCUT2D eigenvalue weighted by Crippen LogP contribution is -2.55. The number of anilines is 1. The van der Waals surface area contributed by atoms with Crippen LogP contribution < -0.4 is 9.47 Å². The number of unbranched alkanes of at least 4 members (excludes halogenated alkanes) is 2. The van der Waals surface area contributed by atoms with Gasteiger partial charge >= 0.3 is 0 Å². The molecule has 1 saturated carbocycles. The molecule has 0 amide bonds. The van der Waals surface area contributed by atoms with Crippen LogP contribution in [0.15, 0.2) is 36.7 Å². The van der Waals surface area contributed by atoms with Crippen LogP contribution in [0, 0.1) is 5.41 Å². The van der Waals surface area contributed by atoms with Crippen LogP contribution in [0.2, 0.25) is 0 Å². The van der Waals surface area contributed by atoms with Crippen molar-refractivity contribution in [2.24, 2.45) is 5.41 Å². The van der Waals surface area contributed by atoms with E-state index in [0.717, 1.165) is 24.1 Å². The summed E-state index contributed by atoms with van der Waals surface area (Å²) >= 11 is 0. The van der Waals surface area contributed by atoms with Crippen molar-refractivity contribution >= 4 is 22.4 Å². The highest BCUT2D eigenvalue weighted by Gasteiger charge is 2.77. The van der Waals surface area contributed by atoms with E-state index in [0.29, 0.717) is 0 Å². The quantitative estimate of drug-likeness (QED) is 0.311. The second-order valence-corrected chi connectivity index (χ2v) is 12.8. The van der Waals surface area contributed by atoms with E-state index in [1.165, 1.54) is 60.3 Å². The first-order chi connectivity index (χ1) is 16.0. The molecule has 3 aliphatic rings. The van der Waals surface area contributed by atoms with Crippen LogP contribution in [-0.2, 0) is 10.8 Å². The summed E-state index contributed by atoms with van der Waals surface area (Å²) in [6, 6.07) is 4.74. The molecule has 0 aromatic carbocycles. The van der Waals surface area contributed by atoms with Gasteiger partial charge in [0, 0.05) is 40.5 Å². The summed E-state index contributed by atoms with van der Waals surface area (Å²) in [5.41, 5.74) is 6.83. The molecule has 0 radical (unpaired) electrons. The zero-order chi connectivity index (χ0) is 24.7. The fourth-order valence-electron chi connectivity index (χ4n) is 7.16. The second-order valence-electron chi connectivity index (χ2n) is 12.8. The summed E-state index contributed by atoms with van der Waals surface area (Å²) in [5, 5.41) is 1.36. The van der Waals surface area contributed by atoms with Crippen molar-refractivity contribution in [3.05, 3.63) is 47.9 Å². The summed E-state index contributed by atoms with van der Waals surface area (Å²) in [7, 11) is 0. The Balaban J connectivity index is 1.81. The molecule has 2 aromatic heterocycles. The van der Waals surface area contributed by atoms with Crippen molar-refractivity contribution < 1.29 is 4.57 Å². The third kappa shape index (κ3) is 2.94. The number of hydrogen-bond acceptors (Lipinski definition) is 2. The van der Waals surface area contributed by atoms with Crippen LogP contribution in [0.25, 0.3) is 16.6 Å². The predicted octanol–water partition coefficient (Wildman–Crippen LogP) is 7.81. The smallest absolute Gasteiger partial charge is 0.252 e. The number of allylic oxidation sites excluding steroid dienone is 2. The molecule has 0 bridgehead atoms. The number of nitrogens with zero attached hydrogens (tertiary/aromatic N) is 3. The Morgan fingerprint density at radius 1 is 1.09 bits per heavy atom. The van der Waals surface area contributed by atoms with Gasteiger partial charge in [0.1, 0.15) is 16.9 Å². The molecule has 0 saturated heterocycles. The summed E-state index contributed by atoms with van der Waals surface area (Å²) in [4.78, 5) is 7.86. The van der Waals surface area contributed by atoms with Gasteiger partial charge in [0.2, 0.25) is 0 Å². The van der Waals surface area contributed by atoms with Crippen molar-refractivity contribution in [3.8, 4) is 0 Å². The SMILES string of the molecule is C=C1C=C(C(C)(C)CCCCC)[n+]2ccc3nc(C(C)(C)C)cc4c3c2N1C1(CC)C[C@@]41CC. The van der Waals surface area contributed by atoms with Crippen LogP contribution >= 0.6 is 0 Å². The van der Waals surface area contributed by atoms with Gasteiger partial charge in [-0.15, -0.1) is 0 Å². The lowest BCUT2D eigenvalue weighted by molar-refractivity contribution is -0.576.